The Kier molecular flexibility index (Phi) is 5.15. The molecule has 8 nitrogen and oxygen atoms in total. The van der Waals surface area contributed by atoms with E-state index in [9.17, 15) is 9.59 Å². The van der Waals surface area contributed by atoms with Crippen LogP contribution in [0.3, 0.4) is 0 Å². The average Bonchev–Trinajstić information content (AvgIpc) is 2.96. The Balaban J connectivity index is 1.70. The van der Waals surface area contributed by atoms with Gasteiger partial charge in [-0.25, -0.2) is 14.6 Å². The Bertz CT molecular complexity index is 494. The maximum atomic E-state index is 11.9. The molecule has 3 N–H and O–H groups in total. The van der Waals surface area contributed by atoms with Crippen molar-refractivity contribution in [2.45, 2.75) is 19.4 Å². The molecule has 2 heterocycles. The number of aromatic carboxylic acids is 1. The van der Waals surface area contributed by atoms with Crippen LogP contribution in [0.2, 0.25) is 0 Å². The molecule has 1 aliphatic heterocycles. The first kappa shape index (κ1) is 15.3. The summed E-state index contributed by atoms with van der Waals surface area (Å²) in [5.41, 5.74) is -0.00703. The summed E-state index contributed by atoms with van der Waals surface area (Å²) in [7, 11) is 0. The van der Waals surface area contributed by atoms with E-state index in [1.807, 2.05) is 0 Å². The van der Waals surface area contributed by atoms with Gasteiger partial charge >= 0.3 is 12.0 Å². The van der Waals surface area contributed by atoms with Crippen molar-refractivity contribution in [3.8, 4) is 0 Å². The smallest absolute Gasteiger partial charge is 0.356 e. The summed E-state index contributed by atoms with van der Waals surface area (Å²) in [4.78, 5) is 28.1. The van der Waals surface area contributed by atoms with E-state index >= 15 is 0 Å². The summed E-state index contributed by atoms with van der Waals surface area (Å²) in [6.07, 6.45) is 4.52. The fourth-order valence-electron chi connectivity index (χ4n) is 2.32. The maximum absolute atomic E-state index is 11.9. The SMILES string of the molecule is O=C(O)c1cn(CCNC(=O)N2CCC(CO)CC2)cn1. The van der Waals surface area contributed by atoms with Crippen LogP contribution in [0.5, 0.6) is 0 Å². The first-order valence-corrected chi connectivity index (χ1v) is 6.99. The number of aliphatic hydroxyl groups excluding tert-OH is 1. The molecule has 21 heavy (non-hydrogen) atoms. The maximum Gasteiger partial charge on any atom is 0.356 e. The van der Waals surface area contributed by atoms with Gasteiger partial charge in [-0.05, 0) is 18.8 Å². The molecule has 1 aromatic rings. The first-order chi connectivity index (χ1) is 10.1. The van der Waals surface area contributed by atoms with Crippen molar-refractivity contribution in [2.24, 2.45) is 5.92 Å². The molecule has 0 saturated carbocycles. The third-order valence-electron chi connectivity index (χ3n) is 3.66. The molecule has 0 atom stereocenters. The molecule has 0 bridgehead atoms. The quantitative estimate of drug-likeness (QED) is 0.708. The molecule has 0 radical (unpaired) electrons. The fourth-order valence-corrected chi connectivity index (χ4v) is 2.32. The largest absolute Gasteiger partial charge is 0.476 e. The van der Waals surface area contributed by atoms with Gasteiger partial charge in [-0.15, -0.1) is 0 Å². The van der Waals surface area contributed by atoms with E-state index in [1.54, 1.807) is 9.47 Å². The standard InChI is InChI=1S/C13H20N4O4/c18-8-10-1-4-17(5-2-10)13(21)14-3-6-16-7-11(12(19)20)15-9-16/h7,9-10,18H,1-6,8H2,(H,14,21)(H,19,20). The van der Waals surface area contributed by atoms with Crippen LogP contribution in [-0.4, -0.2) is 62.9 Å². The summed E-state index contributed by atoms with van der Waals surface area (Å²) < 4.78 is 1.63. The van der Waals surface area contributed by atoms with Gasteiger partial charge in [0.2, 0.25) is 0 Å². The third kappa shape index (κ3) is 4.19. The third-order valence-corrected chi connectivity index (χ3v) is 3.66. The second-order valence-electron chi connectivity index (χ2n) is 5.15. The fraction of sp³-hybridized carbons (Fsp3) is 0.615. The number of aromatic nitrogens is 2. The number of rotatable bonds is 5. The van der Waals surface area contributed by atoms with Gasteiger partial charge in [-0.3, -0.25) is 0 Å². The summed E-state index contributed by atoms with van der Waals surface area (Å²) in [6.45, 7) is 2.38. The minimum atomic E-state index is -1.07. The number of likely N-dealkylation sites (tertiary alicyclic amines) is 1. The molecule has 8 heteroatoms. The zero-order chi connectivity index (χ0) is 15.2. The highest BCUT2D eigenvalue weighted by atomic mass is 16.4. The number of piperidine rings is 1. The van der Waals surface area contributed by atoms with Crippen LogP contribution in [0, 0.1) is 5.92 Å². The number of carboxylic acid groups (broad SMARTS) is 1. The zero-order valence-corrected chi connectivity index (χ0v) is 11.7. The van der Waals surface area contributed by atoms with Crippen molar-refractivity contribution in [3.05, 3.63) is 18.2 Å². The number of carbonyl (C=O) groups is 2. The Labute approximate surface area is 122 Å². The van der Waals surface area contributed by atoms with Gasteiger partial charge in [0.05, 0.1) is 6.33 Å². The zero-order valence-electron chi connectivity index (χ0n) is 11.7. The van der Waals surface area contributed by atoms with Crippen LogP contribution in [0.15, 0.2) is 12.5 Å². The average molecular weight is 296 g/mol. The molecule has 0 aliphatic carbocycles. The minimum Gasteiger partial charge on any atom is -0.476 e. The molecule has 2 amide bonds. The molecule has 0 aromatic carbocycles. The van der Waals surface area contributed by atoms with E-state index in [0.29, 0.717) is 32.1 Å². The Hall–Kier alpha value is -2.09. The van der Waals surface area contributed by atoms with E-state index in [4.69, 9.17) is 10.2 Å². The highest BCUT2D eigenvalue weighted by molar-refractivity contribution is 5.84. The second-order valence-corrected chi connectivity index (χ2v) is 5.15. The van der Waals surface area contributed by atoms with Crippen molar-refractivity contribution >= 4 is 12.0 Å². The van der Waals surface area contributed by atoms with Gasteiger partial charge in [-0.2, -0.15) is 0 Å². The lowest BCUT2D eigenvalue weighted by molar-refractivity contribution is 0.0691. The van der Waals surface area contributed by atoms with Crippen LogP contribution in [0.1, 0.15) is 23.3 Å². The molecule has 1 saturated heterocycles. The number of amides is 2. The lowest BCUT2D eigenvalue weighted by Crippen LogP contribution is -2.45. The summed E-state index contributed by atoms with van der Waals surface area (Å²) in [6, 6.07) is -0.120. The summed E-state index contributed by atoms with van der Waals surface area (Å²) in [5, 5.41) is 20.6. The van der Waals surface area contributed by atoms with E-state index in [0.717, 1.165) is 12.8 Å². The van der Waals surface area contributed by atoms with Gasteiger partial charge in [-0.1, -0.05) is 0 Å². The van der Waals surface area contributed by atoms with E-state index in [2.05, 4.69) is 10.3 Å². The number of hydrogen-bond donors (Lipinski definition) is 3. The van der Waals surface area contributed by atoms with Crippen LogP contribution in [-0.2, 0) is 6.54 Å². The van der Waals surface area contributed by atoms with Gasteiger partial charge in [0.15, 0.2) is 5.69 Å². The number of aliphatic hydroxyl groups is 1. The van der Waals surface area contributed by atoms with Gasteiger partial charge < -0.3 is 25.0 Å². The van der Waals surface area contributed by atoms with E-state index in [-0.39, 0.29) is 18.3 Å². The molecule has 0 spiro atoms. The number of carbonyl (C=O) groups excluding carboxylic acids is 1. The number of imidazole rings is 1. The molecular formula is C13H20N4O4. The predicted octanol–water partition coefficient (Wildman–Crippen LogP) is -0.00480. The minimum absolute atomic E-state index is 0.00703. The molecule has 2 rings (SSSR count). The number of hydrogen-bond acceptors (Lipinski definition) is 4. The van der Waals surface area contributed by atoms with Crippen LogP contribution >= 0.6 is 0 Å². The molecule has 1 aliphatic rings. The first-order valence-electron chi connectivity index (χ1n) is 6.99. The summed E-state index contributed by atoms with van der Waals surface area (Å²) >= 11 is 0. The lowest BCUT2D eigenvalue weighted by Gasteiger charge is -2.31. The van der Waals surface area contributed by atoms with E-state index < -0.39 is 5.97 Å². The second kappa shape index (κ2) is 7.07. The van der Waals surface area contributed by atoms with Crippen molar-refractivity contribution in [1.29, 1.82) is 0 Å². The Morgan fingerprint density at radius 1 is 1.38 bits per heavy atom. The van der Waals surface area contributed by atoms with Crippen LogP contribution in [0.4, 0.5) is 4.79 Å². The number of nitrogens with one attached hydrogen (secondary N) is 1. The van der Waals surface area contributed by atoms with Crippen molar-refractivity contribution in [2.75, 3.05) is 26.2 Å². The highest BCUT2D eigenvalue weighted by Crippen LogP contribution is 2.16. The van der Waals surface area contributed by atoms with Gasteiger partial charge in [0, 0.05) is 39.0 Å². The molecule has 116 valence electrons. The van der Waals surface area contributed by atoms with E-state index in [1.165, 1.54) is 12.5 Å². The number of nitrogens with zero attached hydrogens (tertiary/aromatic N) is 3. The van der Waals surface area contributed by atoms with Crippen LogP contribution in [0.25, 0.3) is 0 Å². The monoisotopic (exact) mass is 296 g/mol. The molecule has 1 fully saturated rings. The van der Waals surface area contributed by atoms with Gasteiger partial charge in [0.25, 0.3) is 0 Å². The molecule has 0 unspecified atom stereocenters. The van der Waals surface area contributed by atoms with Gasteiger partial charge in [0.1, 0.15) is 0 Å². The van der Waals surface area contributed by atoms with Crippen molar-refractivity contribution in [1.82, 2.24) is 19.8 Å². The van der Waals surface area contributed by atoms with Crippen molar-refractivity contribution in [3.63, 3.8) is 0 Å². The summed E-state index contributed by atoms with van der Waals surface area (Å²) in [5.74, 6) is -0.765. The normalized spacial score (nSPS) is 16.0. The Morgan fingerprint density at radius 2 is 2.10 bits per heavy atom. The highest BCUT2D eigenvalue weighted by Gasteiger charge is 2.21. The predicted molar refractivity (Wildman–Crippen MR) is 74.0 cm³/mol. The van der Waals surface area contributed by atoms with Crippen LogP contribution < -0.4 is 5.32 Å². The number of urea groups is 1. The number of carboxylic acids is 1. The molecule has 1 aromatic heterocycles. The molecular weight excluding hydrogens is 276 g/mol. The lowest BCUT2D eigenvalue weighted by atomic mass is 9.98. The van der Waals surface area contributed by atoms with Crippen molar-refractivity contribution < 1.29 is 19.8 Å². The Morgan fingerprint density at radius 3 is 2.67 bits per heavy atom. The topological polar surface area (TPSA) is 108 Å².